The Kier molecular flexibility index (Phi) is 9.06. The van der Waals surface area contributed by atoms with Crippen molar-refractivity contribution in [2.45, 2.75) is 84.0 Å². The maximum Gasteiger partial charge on any atom is 0.303 e. The average Bonchev–Trinajstić information content (AvgIpc) is 3.31. The van der Waals surface area contributed by atoms with Crippen molar-refractivity contribution >= 4 is 54.3 Å². The van der Waals surface area contributed by atoms with E-state index in [4.69, 9.17) is 14.5 Å². The van der Waals surface area contributed by atoms with Gasteiger partial charge >= 0.3 is 5.97 Å². The Bertz CT molecular complexity index is 2180. The van der Waals surface area contributed by atoms with Crippen LogP contribution in [0.3, 0.4) is 0 Å². The highest BCUT2D eigenvalue weighted by atomic mass is 32.2. The molecule has 9 heteroatoms. The molecule has 2 heterocycles. The van der Waals surface area contributed by atoms with Crippen LogP contribution in [0.25, 0.3) is 43.8 Å². The van der Waals surface area contributed by atoms with Crippen molar-refractivity contribution in [3.63, 3.8) is 0 Å². The number of aliphatic carboxylic acids is 1. The second kappa shape index (κ2) is 12.8. The van der Waals surface area contributed by atoms with Gasteiger partial charge in [-0.3, -0.25) is 14.3 Å². The molecule has 3 aromatic carbocycles. The van der Waals surface area contributed by atoms with Gasteiger partial charge in [-0.25, -0.2) is 0 Å². The molecule has 0 bridgehead atoms. The maximum atomic E-state index is 11.5. The van der Waals surface area contributed by atoms with Crippen molar-refractivity contribution < 1.29 is 27.3 Å². The second-order valence-electron chi connectivity index (χ2n) is 14.5. The summed E-state index contributed by atoms with van der Waals surface area (Å²) in [6.45, 7) is 13.0. The zero-order valence-electron chi connectivity index (χ0n) is 28.6. The largest absolute Gasteiger partial charge is 0.481 e. The Hall–Kier alpha value is -3.95. The van der Waals surface area contributed by atoms with Gasteiger partial charge < -0.3 is 14.4 Å². The van der Waals surface area contributed by atoms with Crippen molar-refractivity contribution in [2.75, 3.05) is 30.3 Å². The van der Waals surface area contributed by atoms with Crippen LogP contribution < -0.4 is 10.3 Å². The molecule has 0 radical (unpaired) electrons. The number of fused-ring (bicyclic) bond motifs is 9. The number of carboxylic acids is 1. The van der Waals surface area contributed by atoms with Gasteiger partial charge in [0.2, 0.25) is 0 Å². The van der Waals surface area contributed by atoms with Crippen LogP contribution in [0.2, 0.25) is 0 Å². The van der Waals surface area contributed by atoms with Crippen LogP contribution in [0, 0.1) is 0 Å². The Morgan fingerprint density at radius 1 is 0.958 bits per heavy atom. The third-order valence-electron chi connectivity index (χ3n) is 10.1. The first kappa shape index (κ1) is 33.9. The van der Waals surface area contributed by atoms with Gasteiger partial charge in [0.1, 0.15) is 11.3 Å². The number of anilines is 1. The zero-order chi connectivity index (χ0) is 34.4. The lowest BCUT2D eigenvalue weighted by Crippen LogP contribution is -2.29. The zero-order valence-corrected chi connectivity index (χ0v) is 29.4. The van der Waals surface area contributed by atoms with E-state index < -0.39 is 16.1 Å². The SMILES string of the molecule is CCC(C)(C)c1c2oc3c4c(c5ccccc5c3cc-2c2ccccc2/c1=N\CCCS(=O)(=O)O)N(CCCCCC(=O)O)CC4(C)C. The molecule has 0 amide bonds. The molecular formula is C39H46N2O6S. The summed E-state index contributed by atoms with van der Waals surface area (Å²) in [5, 5.41) is 15.3. The summed E-state index contributed by atoms with van der Waals surface area (Å²) < 4.78 is 39.6. The summed E-state index contributed by atoms with van der Waals surface area (Å²) in [5.74, 6) is -0.295. The third-order valence-corrected chi connectivity index (χ3v) is 10.9. The maximum absolute atomic E-state index is 11.5. The van der Waals surface area contributed by atoms with Gasteiger partial charge in [-0.2, -0.15) is 8.42 Å². The van der Waals surface area contributed by atoms with Crippen LogP contribution in [-0.2, 0) is 25.7 Å². The van der Waals surface area contributed by atoms with Crippen LogP contribution in [0.5, 0.6) is 0 Å². The molecule has 0 aromatic heterocycles. The summed E-state index contributed by atoms with van der Waals surface area (Å²) in [7, 11) is -4.08. The summed E-state index contributed by atoms with van der Waals surface area (Å²) in [4.78, 5) is 18.6. The predicted molar refractivity (Wildman–Crippen MR) is 194 cm³/mol. The Morgan fingerprint density at radius 3 is 2.29 bits per heavy atom. The van der Waals surface area contributed by atoms with E-state index >= 15 is 0 Å². The minimum absolute atomic E-state index is 0.196. The Morgan fingerprint density at radius 2 is 1.62 bits per heavy atom. The monoisotopic (exact) mass is 670 g/mol. The van der Waals surface area contributed by atoms with Crippen molar-refractivity contribution in [3.8, 4) is 11.3 Å². The Balaban J connectivity index is 1.65. The molecule has 48 heavy (non-hydrogen) atoms. The van der Waals surface area contributed by atoms with Crippen molar-refractivity contribution in [3.05, 3.63) is 71.1 Å². The number of hydrogen-bond acceptors (Lipinski definition) is 6. The van der Waals surface area contributed by atoms with Gasteiger partial charge in [0, 0.05) is 64.3 Å². The molecule has 0 atom stereocenters. The van der Waals surface area contributed by atoms with E-state index in [0.29, 0.717) is 6.42 Å². The minimum Gasteiger partial charge on any atom is -0.481 e. The van der Waals surface area contributed by atoms with Crippen LogP contribution in [0.4, 0.5) is 5.69 Å². The summed E-state index contributed by atoms with van der Waals surface area (Å²) in [6.07, 6.45) is 3.68. The van der Waals surface area contributed by atoms with Crippen molar-refractivity contribution in [2.24, 2.45) is 4.99 Å². The highest BCUT2D eigenvalue weighted by Crippen LogP contribution is 2.52. The van der Waals surface area contributed by atoms with E-state index in [1.165, 1.54) is 16.6 Å². The molecule has 6 rings (SSSR count). The molecule has 0 unspecified atom stereocenters. The van der Waals surface area contributed by atoms with E-state index in [0.717, 1.165) is 81.7 Å². The predicted octanol–water partition coefficient (Wildman–Crippen LogP) is 8.45. The molecule has 1 aliphatic carbocycles. The standard InChI is InChI=1S/C39H46N2O6S/c1-6-38(2,3)32-34(40-20-14-22-48(44,45)46)27-17-11-9-15-25(27)29-23-30-26-16-10-12-18-28(26)35-33(37(30)47-36(29)32)39(4,5)24-41(35)21-13-7-8-19-31(42)43/h9-12,15-18,23H,6-8,13-14,19-22,24H2,1-5H3,(H,42,43)(H,44,45,46)/b40-34+. The van der Waals surface area contributed by atoms with Crippen LogP contribution in [0.15, 0.2) is 64.0 Å². The summed E-state index contributed by atoms with van der Waals surface area (Å²) in [6, 6.07) is 19.1. The number of nitrogens with zero attached hydrogens (tertiary/aromatic N) is 2. The first-order valence-electron chi connectivity index (χ1n) is 17.0. The molecular weight excluding hydrogens is 625 g/mol. The first-order valence-corrected chi connectivity index (χ1v) is 18.6. The molecule has 0 spiro atoms. The summed E-state index contributed by atoms with van der Waals surface area (Å²) in [5.41, 5.74) is 4.73. The number of unbranched alkanes of at least 4 members (excludes halogenated alkanes) is 2. The van der Waals surface area contributed by atoms with E-state index in [1.54, 1.807) is 0 Å². The molecule has 8 nitrogen and oxygen atoms in total. The smallest absolute Gasteiger partial charge is 0.303 e. The van der Waals surface area contributed by atoms with Gasteiger partial charge in [-0.15, -0.1) is 0 Å². The quantitative estimate of drug-likeness (QED) is 0.0591. The normalized spacial score (nSPS) is 15.3. The molecule has 2 aliphatic heterocycles. The van der Waals surface area contributed by atoms with Crippen molar-refractivity contribution in [1.82, 2.24) is 0 Å². The molecule has 254 valence electrons. The molecule has 0 saturated heterocycles. The van der Waals surface area contributed by atoms with Gasteiger partial charge in [0.25, 0.3) is 10.1 Å². The van der Waals surface area contributed by atoms with E-state index in [9.17, 15) is 17.8 Å². The van der Waals surface area contributed by atoms with E-state index in [1.807, 2.05) is 12.1 Å². The Labute approximate surface area is 282 Å². The number of benzene rings is 4. The highest BCUT2D eigenvalue weighted by Gasteiger charge is 2.40. The fourth-order valence-corrected chi connectivity index (χ4v) is 8.03. The second-order valence-corrected chi connectivity index (χ2v) is 16.1. The first-order chi connectivity index (χ1) is 22.7. The van der Waals surface area contributed by atoms with Gasteiger partial charge in [0.05, 0.1) is 16.8 Å². The van der Waals surface area contributed by atoms with Gasteiger partial charge in [0.15, 0.2) is 0 Å². The van der Waals surface area contributed by atoms with Crippen LogP contribution in [0.1, 0.15) is 84.3 Å². The number of rotatable bonds is 12. The lowest BCUT2D eigenvalue weighted by molar-refractivity contribution is -0.137. The molecule has 2 N–H and O–H groups in total. The van der Waals surface area contributed by atoms with E-state index in [-0.39, 0.29) is 36.0 Å². The molecule has 0 saturated carbocycles. The fraction of sp³-hybridized carbons (Fsp3) is 0.436. The molecule has 0 fully saturated rings. The lowest BCUT2D eigenvalue weighted by atomic mass is 9.77. The molecule has 3 aliphatic rings. The topological polar surface area (TPSA) is 120 Å². The van der Waals surface area contributed by atoms with Crippen LogP contribution >= 0.6 is 0 Å². The number of carbonyl (C=O) groups is 1. The van der Waals surface area contributed by atoms with Crippen molar-refractivity contribution in [1.29, 1.82) is 0 Å². The summed E-state index contributed by atoms with van der Waals surface area (Å²) >= 11 is 0. The average molecular weight is 671 g/mol. The van der Waals surface area contributed by atoms with E-state index in [2.05, 4.69) is 82.0 Å². The lowest BCUT2D eigenvalue weighted by Gasteiger charge is -2.29. The highest BCUT2D eigenvalue weighted by molar-refractivity contribution is 7.85. The molecule has 3 aromatic rings. The number of carboxylic acid groups (broad SMARTS) is 1. The van der Waals surface area contributed by atoms with Gasteiger partial charge in [-0.1, -0.05) is 89.6 Å². The third kappa shape index (κ3) is 6.30. The van der Waals surface area contributed by atoms with Gasteiger partial charge in [-0.05, 0) is 47.9 Å². The number of hydrogen-bond donors (Lipinski definition) is 2. The fourth-order valence-electron chi connectivity index (χ4n) is 7.54. The minimum atomic E-state index is -4.08. The van der Waals surface area contributed by atoms with Crippen LogP contribution in [-0.4, -0.2) is 49.4 Å².